The molecule has 0 radical (unpaired) electrons. The predicted molar refractivity (Wildman–Crippen MR) is 227 cm³/mol. The molecule has 0 aliphatic carbocycles. The van der Waals surface area contributed by atoms with E-state index < -0.39 is 0 Å². The normalized spacial score (nSPS) is 11.6. The number of hydrogen-bond donors (Lipinski definition) is 0. The first-order valence-corrected chi connectivity index (χ1v) is 18.3. The summed E-state index contributed by atoms with van der Waals surface area (Å²) in [5.74, 6) is 0. The molecule has 8 aromatic carbocycles. The SMILES string of the molecule is [C-]#[N+]c1ccc2c(c1)c1ccccc1n2-c1ccccc1-c1cc(-n2c3ccccc3c3cc(-n4c5ccccc5c5ccccc54)ccc32)ccc1[N+]#[C-]. The van der Waals surface area contributed by atoms with Crippen LogP contribution in [0.25, 0.3) is 103 Å². The average molecular weight is 700 g/mol. The molecule has 0 aliphatic rings. The van der Waals surface area contributed by atoms with Gasteiger partial charge in [0.25, 0.3) is 0 Å². The lowest BCUT2D eigenvalue weighted by molar-refractivity contribution is 1.16. The highest BCUT2D eigenvalue weighted by Crippen LogP contribution is 2.43. The Hall–Kier alpha value is -7.86. The number of nitrogens with zero attached hydrogens (tertiary/aromatic N) is 5. The summed E-state index contributed by atoms with van der Waals surface area (Å²) in [5, 5.41) is 6.92. The summed E-state index contributed by atoms with van der Waals surface area (Å²) in [5.41, 5.74) is 12.7. The largest absolute Gasteiger partial charge is 0.309 e. The van der Waals surface area contributed by atoms with E-state index in [1.807, 2.05) is 36.4 Å². The van der Waals surface area contributed by atoms with Crippen molar-refractivity contribution < 1.29 is 0 Å². The van der Waals surface area contributed by atoms with Crippen molar-refractivity contribution in [2.45, 2.75) is 0 Å². The fourth-order valence-corrected chi connectivity index (χ4v) is 8.74. The van der Waals surface area contributed by atoms with E-state index in [0.717, 1.165) is 66.4 Å². The van der Waals surface area contributed by atoms with E-state index >= 15 is 0 Å². The number of rotatable bonds is 4. The van der Waals surface area contributed by atoms with E-state index in [-0.39, 0.29) is 0 Å². The third kappa shape index (κ3) is 4.45. The van der Waals surface area contributed by atoms with Crippen molar-refractivity contribution in [1.82, 2.24) is 13.7 Å². The number of para-hydroxylation sites is 5. The van der Waals surface area contributed by atoms with Gasteiger partial charge in [-0.25, -0.2) is 9.69 Å². The molecule has 0 atom stereocenters. The lowest BCUT2D eigenvalue weighted by Gasteiger charge is -2.17. The van der Waals surface area contributed by atoms with E-state index in [1.54, 1.807) is 0 Å². The summed E-state index contributed by atoms with van der Waals surface area (Å²) in [4.78, 5) is 7.77. The summed E-state index contributed by atoms with van der Waals surface area (Å²) in [6.45, 7) is 15.9. The molecule has 55 heavy (non-hydrogen) atoms. The fraction of sp³-hybridized carbons (Fsp3) is 0. The van der Waals surface area contributed by atoms with Crippen LogP contribution >= 0.6 is 0 Å². The summed E-state index contributed by atoms with van der Waals surface area (Å²) < 4.78 is 6.96. The Labute approximate surface area is 316 Å². The molecule has 254 valence electrons. The lowest BCUT2D eigenvalue weighted by Crippen LogP contribution is -1.99. The van der Waals surface area contributed by atoms with Crippen LogP contribution in [0, 0.1) is 13.1 Å². The van der Waals surface area contributed by atoms with Crippen LogP contribution in [0.2, 0.25) is 0 Å². The Morgan fingerprint density at radius 2 is 0.782 bits per heavy atom. The molecule has 3 heterocycles. The van der Waals surface area contributed by atoms with Crippen molar-refractivity contribution in [1.29, 1.82) is 0 Å². The Morgan fingerprint density at radius 1 is 0.327 bits per heavy atom. The van der Waals surface area contributed by atoms with Crippen LogP contribution in [0.4, 0.5) is 11.4 Å². The highest BCUT2D eigenvalue weighted by Gasteiger charge is 2.20. The van der Waals surface area contributed by atoms with E-state index in [1.165, 1.54) is 27.2 Å². The molecule has 0 unspecified atom stereocenters. The van der Waals surface area contributed by atoms with Crippen molar-refractivity contribution in [3.8, 4) is 28.2 Å². The van der Waals surface area contributed by atoms with Gasteiger partial charge in [0.2, 0.25) is 0 Å². The number of benzene rings is 8. The van der Waals surface area contributed by atoms with Crippen LogP contribution in [-0.2, 0) is 0 Å². The van der Waals surface area contributed by atoms with E-state index in [4.69, 9.17) is 13.1 Å². The molecule has 0 saturated heterocycles. The highest BCUT2D eigenvalue weighted by molar-refractivity contribution is 6.13. The molecule has 5 nitrogen and oxygen atoms in total. The van der Waals surface area contributed by atoms with E-state index in [9.17, 15) is 0 Å². The summed E-state index contributed by atoms with van der Waals surface area (Å²) in [6.07, 6.45) is 0. The maximum atomic E-state index is 8.28. The van der Waals surface area contributed by atoms with Crippen LogP contribution in [0.3, 0.4) is 0 Å². The second-order valence-corrected chi connectivity index (χ2v) is 13.9. The Morgan fingerprint density at radius 3 is 1.40 bits per heavy atom. The highest BCUT2D eigenvalue weighted by atomic mass is 15.0. The minimum absolute atomic E-state index is 0.585. The van der Waals surface area contributed by atoms with Crippen molar-refractivity contribution in [2.24, 2.45) is 0 Å². The minimum Gasteiger partial charge on any atom is -0.309 e. The Balaban J connectivity index is 1.14. The van der Waals surface area contributed by atoms with E-state index in [0.29, 0.717) is 11.4 Å². The molecular weight excluding hydrogens is 671 g/mol. The number of fused-ring (bicyclic) bond motifs is 9. The fourth-order valence-electron chi connectivity index (χ4n) is 8.74. The van der Waals surface area contributed by atoms with Gasteiger partial charge in [-0.2, -0.15) is 0 Å². The quantitative estimate of drug-likeness (QED) is 0.163. The second kappa shape index (κ2) is 11.8. The Kier molecular flexibility index (Phi) is 6.61. The first kappa shape index (κ1) is 30.7. The van der Waals surface area contributed by atoms with Gasteiger partial charge in [-0.1, -0.05) is 103 Å². The first-order valence-electron chi connectivity index (χ1n) is 18.3. The van der Waals surface area contributed by atoms with Gasteiger partial charge in [0.05, 0.1) is 51.9 Å². The molecule has 11 aromatic rings. The summed E-state index contributed by atoms with van der Waals surface area (Å²) >= 11 is 0. The number of hydrogen-bond acceptors (Lipinski definition) is 0. The van der Waals surface area contributed by atoms with Gasteiger partial charge in [0.1, 0.15) is 0 Å². The van der Waals surface area contributed by atoms with Gasteiger partial charge in [-0.15, -0.1) is 0 Å². The van der Waals surface area contributed by atoms with Gasteiger partial charge in [0.15, 0.2) is 11.4 Å². The molecule has 0 bridgehead atoms. The lowest BCUT2D eigenvalue weighted by atomic mass is 10.0. The molecule has 0 aliphatic heterocycles. The standard InChI is InChI=1S/C50H29N5/c1-51-32-23-27-50-41(29-32)38-16-7-12-22-48(38)55(50)47-21-11-5-15-37(47)40-30-33(24-26-43(40)52-2)54-46-20-10-6-17-39(46)42-31-34(25-28-49(42)54)53-44-18-8-3-13-35(44)36-14-4-9-19-45(36)53/h3-31H. The van der Waals surface area contributed by atoms with Gasteiger partial charge in [-0.3, -0.25) is 0 Å². The maximum absolute atomic E-state index is 8.28. The zero-order valence-corrected chi connectivity index (χ0v) is 29.5. The molecule has 0 amide bonds. The van der Waals surface area contributed by atoms with Gasteiger partial charge >= 0.3 is 0 Å². The van der Waals surface area contributed by atoms with Crippen LogP contribution in [-0.4, -0.2) is 13.7 Å². The van der Waals surface area contributed by atoms with Crippen LogP contribution in [0.5, 0.6) is 0 Å². The second-order valence-electron chi connectivity index (χ2n) is 13.9. The monoisotopic (exact) mass is 699 g/mol. The first-order chi connectivity index (χ1) is 27.2. The molecule has 0 spiro atoms. The van der Waals surface area contributed by atoms with Crippen LogP contribution in [0.1, 0.15) is 0 Å². The van der Waals surface area contributed by atoms with Gasteiger partial charge in [-0.05, 0) is 89.3 Å². The zero-order chi connectivity index (χ0) is 36.6. The van der Waals surface area contributed by atoms with Crippen LogP contribution < -0.4 is 0 Å². The molecule has 11 rings (SSSR count). The van der Waals surface area contributed by atoms with Gasteiger partial charge in [0, 0.05) is 38.3 Å². The Bertz CT molecular complexity index is 3420. The maximum Gasteiger partial charge on any atom is 0.195 e. The summed E-state index contributed by atoms with van der Waals surface area (Å²) in [7, 11) is 0. The molecule has 5 heteroatoms. The van der Waals surface area contributed by atoms with Crippen molar-refractivity contribution in [2.75, 3.05) is 0 Å². The van der Waals surface area contributed by atoms with Crippen molar-refractivity contribution in [3.05, 3.63) is 199 Å². The molecular formula is C50H29N5. The smallest absolute Gasteiger partial charge is 0.195 e. The zero-order valence-electron chi connectivity index (χ0n) is 29.5. The molecule has 0 saturated carbocycles. The number of aromatic nitrogens is 3. The predicted octanol–water partition coefficient (Wildman–Crippen LogP) is 13.7. The van der Waals surface area contributed by atoms with Crippen LogP contribution in [0.15, 0.2) is 176 Å². The summed E-state index contributed by atoms with van der Waals surface area (Å²) in [6, 6.07) is 61.4. The van der Waals surface area contributed by atoms with E-state index in [2.05, 4.69) is 163 Å². The third-order valence-electron chi connectivity index (χ3n) is 11.1. The van der Waals surface area contributed by atoms with Crippen molar-refractivity contribution >= 4 is 76.8 Å². The molecule has 0 N–H and O–H groups in total. The molecule has 0 fully saturated rings. The van der Waals surface area contributed by atoms with Crippen molar-refractivity contribution in [3.63, 3.8) is 0 Å². The molecule has 3 aromatic heterocycles. The van der Waals surface area contributed by atoms with Gasteiger partial charge < -0.3 is 13.7 Å². The average Bonchev–Trinajstić information content (AvgIpc) is 3.88. The third-order valence-corrected chi connectivity index (χ3v) is 11.1. The topological polar surface area (TPSA) is 23.5 Å². The minimum atomic E-state index is 0.585.